The lowest BCUT2D eigenvalue weighted by molar-refractivity contribution is 0.120. The predicted octanol–water partition coefficient (Wildman–Crippen LogP) is 3.34. The van der Waals surface area contributed by atoms with Crippen molar-refractivity contribution in [3.63, 3.8) is 0 Å². The van der Waals surface area contributed by atoms with Crippen LogP contribution in [0.4, 0.5) is 6.01 Å². The fourth-order valence-corrected chi connectivity index (χ4v) is 3.80. The number of rotatable bonds is 3. The van der Waals surface area contributed by atoms with Gasteiger partial charge in [0.2, 0.25) is 0 Å². The topological polar surface area (TPSA) is 75.8 Å². The first-order valence-electron chi connectivity index (χ1n) is 9.64. The Labute approximate surface area is 167 Å². The molecule has 5 rings (SSSR count). The van der Waals surface area contributed by atoms with E-state index in [0.29, 0.717) is 43.3 Å². The first kappa shape index (κ1) is 17.8. The van der Waals surface area contributed by atoms with Crippen molar-refractivity contribution in [2.45, 2.75) is 6.61 Å². The fourth-order valence-electron chi connectivity index (χ4n) is 3.80. The Morgan fingerprint density at radius 3 is 2.41 bits per heavy atom. The van der Waals surface area contributed by atoms with Crippen LogP contribution in [-0.4, -0.2) is 36.4 Å². The van der Waals surface area contributed by atoms with Gasteiger partial charge in [0.15, 0.2) is 5.58 Å². The molecule has 3 aromatic carbocycles. The van der Waals surface area contributed by atoms with E-state index in [2.05, 4.69) is 4.98 Å². The standard InChI is InChI=1S/C23H20N2O4/c26-14-15-5-7-16(8-6-15)19-13-20-21(18-4-2-1-3-17(18)19)29-23(24-22(20)27)25-9-11-28-12-10-25/h1-8,13,26H,9-12,14H2. The smallest absolute Gasteiger partial charge is 0.301 e. The molecule has 4 aromatic rings. The molecule has 0 amide bonds. The van der Waals surface area contributed by atoms with E-state index >= 15 is 0 Å². The summed E-state index contributed by atoms with van der Waals surface area (Å²) in [5.74, 6) is 0. The summed E-state index contributed by atoms with van der Waals surface area (Å²) in [6, 6.07) is 17.8. The fraction of sp³-hybridized carbons (Fsp3) is 0.217. The average Bonchev–Trinajstić information content (AvgIpc) is 2.79. The Balaban J connectivity index is 1.75. The van der Waals surface area contributed by atoms with E-state index in [0.717, 1.165) is 27.5 Å². The molecular weight excluding hydrogens is 368 g/mol. The van der Waals surface area contributed by atoms with Crippen LogP contribution in [0.5, 0.6) is 0 Å². The number of benzene rings is 3. The van der Waals surface area contributed by atoms with Crippen LogP contribution in [0.15, 0.2) is 63.8 Å². The van der Waals surface area contributed by atoms with Gasteiger partial charge < -0.3 is 19.2 Å². The molecule has 6 heteroatoms. The number of fused-ring (bicyclic) bond motifs is 3. The van der Waals surface area contributed by atoms with Crippen LogP contribution in [-0.2, 0) is 11.3 Å². The van der Waals surface area contributed by atoms with Crippen LogP contribution >= 0.6 is 0 Å². The number of aliphatic hydroxyl groups is 1. The van der Waals surface area contributed by atoms with Crippen molar-refractivity contribution in [1.82, 2.24) is 4.98 Å². The number of hydrogen-bond acceptors (Lipinski definition) is 6. The zero-order chi connectivity index (χ0) is 19.8. The van der Waals surface area contributed by atoms with Crippen molar-refractivity contribution in [3.8, 4) is 11.1 Å². The number of anilines is 1. The summed E-state index contributed by atoms with van der Waals surface area (Å²) >= 11 is 0. The number of aromatic nitrogens is 1. The van der Waals surface area contributed by atoms with E-state index in [-0.39, 0.29) is 12.2 Å². The summed E-state index contributed by atoms with van der Waals surface area (Å²) < 4.78 is 11.5. The van der Waals surface area contributed by atoms with Crippen LogP contribution in [0.2, 0.25) is 0 Å². The van der Waals surface area contributed by atoms with Crippen molar-refractivity contribution in [2.75, 3.05) is 31.2 Å². The summed E-state index contributed by atoms with van der Waals surface area (Å²) in [4.78, 5) is 19.1. The summed E-state index contributed by atoms with van der Waals surface area (Å²) in [6.07, 6.45) is 0. The molecule has 0 atom stereocenters. The summed E-state index contributed by atoms with van der Waals surface area (Å²) in [5.41, 5.74) is 3.00. The van der Waals surface area contributed by atoms with Gasteiger partial charge in [-0.2, -0.15) is 4.98 Å². The number of morpholine rings is 1. The van der Waals surface area contributed by atoms with Gasteiger partial charge in [0, 0.05) is 18.5 Å². The first-order chi connectivity index (χ1) is 14.2. The third-order valence-corrected chi connectivity index (χ3v) is 5.35. The molecule has 29 heavy (non-hydrogen) atoms. The summed E-state index contributed by atoms with van der Waals surface area (Å²) in [5, 5.41) is 11.6. The minimum Gasteiger partial charge on any atom is -0.424 e. The molecule has 1 aliphatic rings. The molecule has 0 bridgehead atoms. The monoisotopic (exact) mass is 388 g/mol. The number of ether oxygens (including phenoxy) is 1. The highest BCUT2D eigenvalue weighted by atomic mass is 16.5. The quantitative estimate of drug-likeness (QED) is 0.543. The number of aliphatic hydroxyl groups excluding tert-OH is 1. The predicted molar refractivity (Wildman–Crippen MR) is 112 cm³/mol. The van der Waals surface area contributed by atoms with Gasteiger partial charge in [0.05, 0.1) is 25.2 Å². The van der Waals surface area contributed by atoms with Crippen LogP contribution < -0.4 is 10.5 Å². The Hall–Kier alpha value is -3.22. The highest BCUT2D eigenvalue weighted by Crippen LogP contribution is 2.34. The van der Waals surface area contributed by atoms with Crippen LogP contribution in [0.1, 0.15) is 5.56 Å². The Morgan fingerprint density at radius 2 is 1.69 bits per heavy atom. The molecule has 1 aromatic heterocycles. The zero-order valence-electron chi connectivity index (χ0n) is 15.8. The first-order valence-corrected chi connectivity index (χ1v) is 9.64. The highest BCUT2D eigenvalue weighted by Gasteiger charge is 2.19. The molecule has 0 unspecified atom stereocenters. The second-order valence-corrected chi connectivity index (χ2v) is 7.10. The molecule has 0 spiro atoms. The van der Waals surface area contributed by atoms with Gasteiger partial charge in [0.25, 0.3) is 5.56 Å². The molecule has 1 N–H and O–H groups in total. The van der Waals surface area contributed by atoms with Gasteiger partial charge in [-0.1, -0.05) is 48.5 Å². The van der Waals surface area contributed by atoms with Crippen molar-refractivity contribution < 1.29 is 14.3 Å². The van der Waals surface area contributed by atoms with Crippen molar-refractivity contribution >= 4 is 27.8 Å². The van der Waals surface area contributed by atoms with Gasteiger partial charge >= 0.3 is 6.01 Å². The molecule has 1 fully saturated rings. The van der Waals surface area contributed by atoms with Gasteiger partial charge in [-0.15, -0.1) is 0 Å². The maximum absolute atomic E-state index is 12.9. The van der Waals surface area contributed by atoms with E-state index in [1.54, 1.807) is 0 Å². The normalized spacial score (nSPS) is 14.6. The molecule has 0 radical (unpaired) electrons. The van der Waals surface area contributed by atoms with Crippen LogP contribution in [0, 0.1) is 0 Å². The third kappa shape index (κ3) is 3.16. The van der Waals surface area contributed by atoms with Gasteiger partial charge in [-0.05, 0) is 28.1 Å². The second kappa shape index (κ2) is 7.31. The number of nitrogens with zero attached hydrogens (tertiary/aromatic N) is 2. The van der Waals surface area contributed by atoms with Gasteiger partial charge in [-0.25, -0.2) is 0 Å². The molecule has 146 valence electrons. The van der Waals surface area contributed by atoms with E-state index in [4.69, 9.17) is 9.15 Å². The summed E-state index contributed by atoms with van der Waals surface area (Å²) in [6.45, 7) is 2.47. The number of hydrogen-bond donors (Lipinski definition) is 1. The van der Waals surface area contributed by atoms with Crippen LogP contribution in [0.25, 0.3) is 32.9 Å². The zero-order valence-corrected chi connectivity index (χ0v) is 15.8. The lowest BCUT2D eigenvalue weighted by Gasteiger charge is -2.26. The third-order valence-electron chi connectivity index (χ3n) is 5.35. The largest absolute Gasteiger partial charge is 0.424 e. The Bertz CT molecular complexity index is 1240. The molecule has 2 heterocycles. The molecule has 1 aliphatic heterocycles. The molecular formula is C23H20N2O4. The van der Waals surface area contributed by atoms with E-state index < -0.39 is 0 Å². The van der Waals surface area contributed by atoms with E-state index in [9.17, 15) is 9.90 Å². The Kier molecular flexibility index (Phi) is 4.50. The van der Waals surface area contributed by atoms with Crippen LogP contribution in [0.3, 0.4) is 0 Å². The minimum atomic E-state index is -0.299. The highest BCUT2D eigenvalue weighted by molar-refractivity contribution is 6.11. The van der Waals surface area contributed by atoms with Crippen molar-refractivity contribution in [3.05, 3.63) is 70.5 Å². The van der Waals surface area contributed by atoms with Crippen molar-refractivity contribution in [2.24, 2.45) is 0 Å². The average molecular weight is 388 g/mol. The van der Waals surface area contributed by atoms with Gasteiger partial charge in [-0.3, -0.25) is 4.79 Å². The molecule has 6 nitrogen and oxygen atoms in total. The lowest BCUT2D eigenvalue weighted by atomic mass is 9.95. The maximum Gasteiger partial charge on any atom is 0.301 e. The second-order valence-electron chi connectivity index (χ2n) is 7.10. The summed E-state index contributed by atoms with van der Waals surface area (Å²) in [7, 11) is 0. The molecule has 0 saturated carbocycles. The molecule has 0 aliphatic carbocycles. The Morgan fingerprint density at radius 1 is 0.966 bits per heavy atom. The lowest BCUT2D eigenvalue weighted by Crippen LogP contribution is -2.37. The molecule has 1 saturated heterocycles. The van der Waals surface area contributed by atoms with Gasteiger partial charge in [0.1, 0.15) is 0 Å². The minimum absolute atomic E-state index is 0.00340. The van der Waals surface area contributed by atoms with E-state index in [1.807, 2.05) is 59.5 Å². The SMILES string of the molecule is O=c1nc(N2CCOCC2)oc2c1cc(-c1ccc(CO)cc1)c1ccccc12. The van der Waals surface area contributed by atoms with E-state index in [1.165, 1.54) is 0 Å². The van der Waals surface area contributed by atoms with Crippen molar-refractivity contribution in [1.29, 1.82) is 0 Å². The maximum atomic E-state index is 12.9.